The number of aliphatic hydroxyl groups is 1. The van der Waals surface area contributed by atoms with Crippen LogP contribution < -0.4 is 5.32 Å². The molecule has 132 valence electrons. The number of halogens is 1. The van der Waals surface area contributed by atoms with Crippen LogP contribution in [-0.4, -0.2) is 40.2 Å². The molecule has 8 nitrogen and oxygen atoms in total. The number of nitro groups is 1. The van der Waals surface area contributed by atoms with Gasteiger partial charge in [0.2, 0.25) is 11.7 Å². The fraction of sp³-hybridized carbons (Fsp3) is 0.467. The van der Waals surface area contributed by atoms with Crippen molar-refractivity contribution >= 4 is 17.6 Å². The summed E-state index contributed by atoms with van der Waals surface area (Å²) in [7, 11) is 0. The molecule has 0 saturated carbocycles. The van der Waals surface area contributed by atoms with Crippen LogP contribution in [0.1, 0.15) is 26.3 Å². The number of carbonyl (C=O) groups is 2. The van der Waals surface area contributed by atoms with E-state index in [4.69, 9.17) is 4.74 Å². The normalized spacial score (nSPS) is 13.2. The molecule has 0 heterocycles. The molecule has 0 aliphatic carbocycles. The molecular formula is C15H19FN2O6. The lowest BCUT2D eigenvalue weighted by atomic mass is 10.1. The van der Waals surface area contributed by atoms with Gasteiger partial charge in [-0.3, -0.25) is 14.9 Å². The summed E-state index contributed by atoms with van der Waals surface area (Å²) in [4.78, 5) is 33.6. The van der Waals surface area contributed by atoms with Gasteiger partial charge in [0, 0.05) is 6.07 Å². The van der Waals surface area contributed by atoms with Crippen molar-refractivity contribution in [2.24, 2.45) is 0 Å². The number of esters is 1. The number of ether oxygens (including phenoxy) is 1. The van der Waals surface area contributed by atoms with Gasteiger partial charge in [0.25, 0.3) is 0 Å². The smallest absolute Gasteiger partial charge is 0.331 e. The van der Waals surface area contributed by atoms with E-state index < -0.39 is 46.6 Å². The molecule has 2 N–H and O–H groups in total. The molecule has 0 fully saturated rings. The predicted octanol–water partition coefficient (Wildman–Crippen LogP) is 1.09. The third kappa shape index (κ3) is 5.58. The van der Waals surface area contributed by atoms with Crippen molar-refractivity contribution in [3.63, 3.8) is 0 Å². The number of nitrogens with zero attached hydrogens (tertiary/aromatic N) is 1. The standard InChI is InChI=1S/C15H19FN2O6/c1-8(2)24-15(21)14(9(3)19)17-13(20)7-10-4-5-11(16)12(6-10)18(22)23/h4-6,8-9,14,19H,7H2,1-3H3,(H,17,20)/t9-,14+/m1/s1. The van der Waals surface area contributed by atoms with Gasteiger partial charge >= 0.3 is 11.7 Å². The monoisotopic (exact) mass is 342 g/mol. The van der Waals surface area contributed by atoms with Gasteiger partial charge in [0.15, 0.2) is 6.04 Å². The quantitative estimate of drug-likeness (QED) is 0.435. The van der Waals surface area contributed by atoms with Crippen molar-refractivity contribution < 1.29 is 28.7 Å². The first-order valence-corrected chi connectivity index (χ1v) is 7.22. The van der Waals surface area contributed by atoms with E-state index in [-0.39, 0.29) is 12.0 Å². The van der Waals surface area contributed by atoms with Crippen molar-refractivity contribution in [2.75, 3.05) is 0 Å². The molecule has 0 unspecified atom stereocenters. The number of rotatable bonds is 7. The molecule has 24 heavy (non-hydrogen) atoms. The van der Waals surface area contributed by atoms with Crippen LogP contribution in [0.5, 0.6) is 0 Å². The number of aliphatic hydroxyl groups excluding tert-OH is 1. The Hall–Kier alpha value is -2.55. The first kappa shape index (κ1) is 19.5. The van der Waals surface area contributed by atoms with Gasteiger partial charge < -0.3 is 15.2 Å². The molecule has 1 amide bonds. The summed E-state index contributed by atoms with van der Waals surface area (Å²) < 4.78 is 18.2. The van der Waals surface area contributed by atoms with Gasteiger partial charge in [-0.25, -0.2) is 4.79 Å². The lowest BCUT2D eigenvalue weighted by Gasteiger charge is -2.21. The van der Waals surface area contributed by atoms with E-state index in [2.05, 4.69) is 5.32 Å². The van der Waals surface area contributed by atoms with Crippen LogP contribution in [0.3, 0.4) is 0 Å². The van der Waals surface area contributed by atoms with Crippen LogP contribution in [0.15, 0.2) is 18.2 Å². The highest BCUT2D eigenvalue weighted by Crippen LogP contribution is 2.18. The summed E-state index contributed by atoms with van der Waals surface area (Å²) in [6, 6.07) is 1.79. The molecule has 1 aromatic carbocycles. The molecule has 0 aromatic heterocycles. The Bertz CT molecular complexity index is 632. The zero-order valence-corrected chi connectivity index (χ0v) is 13.5. The largest absolute Gasteiger partial charge is 0.461 e. The summed E-state index contributed by atoms with van der Waals surface area (Å²) in [6.45, 7) is 4.56. The Balaban J connectivity index is 2.81. The number of amides is 1. The average Bonchev–Trinajstić information content (AvgIpc) is 2.45. The highest BCUT2D eigenvalue weighted by atomic mass is 19.1. The molecule has 0 bridgehead atoms. The van der Waals surface area contributed by atoms with E-state index in [0.717, 1.165) is 12.1 Å². The van der Waals surface area contributed by atoms with Crippen LogP contribution in [-0.2, 0) is 20.7 Å². The lowest BCUT2D eigenvalue weighted by molar-refractivity contribution is -0.387. The SMILES string of the molecule is CC(C)OC(=O)[C@@H](NC(=O)Cc1ccc(F)c([N+](=O)[O-])c1)[C@@H](C)O. The Morgan fingerprint density at radius 3 is 2.50 bits per heavy atom. The summed E-state index contributed by atoms with van der Waals surface area (Å²) in [5.41, 5.74) is -0.547. The van der Waals surface area contributed by atoms with Crippen molar-refractivity contribution in [1.82, 2.24) is 5.32 Å². The summed E-state index contributed by atoms with van der Waals surface area (Å²) in [5, 5.41) is 22.6. The molecule has 1 rings (SSSR count). The summed E-state index contributed by atoms with van der Waals surface area (Å²) in [6.07, 6.45) is -1.93. The third-order valence-electron chi connectivity index (χ3n) is 2.98. The van der Waals surface area contributed by atoms with Crippen molar-refractivity contribution in [3.05, 3.63) is 39.7 Å². The molecule has 0 aliphatic heterocycles. The molecule has 2 atom stereocenters. The van der Waals surface area contributed by atoms with E-state index in [0.29, 0.717) is 0 Å². The Morgan fingerprint density at radius 2 is 2.00 bits per heavy atom. The summed E-state index contributed by atoms with van der Waals surface area (Å²) in [5.74, 6) is -2.47. The number of nitro benzene ring substituents is 1. The molecule has 0 aliphatic rings. The van der Waals surface area contributed by atoms with Gasteiger partial charge in [0.1, 0.15) is 0 Å². The van der Waals surface area contributed by atoms with E-state index in [1.807, 2.05) is 0 Å². The maximum absolute atomic E-state index is 13.3. The van der Waals surface area contributed by atoms with Gasteiger partial charge in [-0.1, -0.05) is 6.07 Å². The van der Waals surface area contributed by atoms with E-state index in [1.54, 1.807) is 13.8 Å². The van der Waals surface area contributed by atoms with Gasteiger partial charge in [-0.2, -0.15) is 4.39 Å². The zero-order valence-electron chi connectivity index (χ0n) is 13.5. The summed E-state index contributed by atoms with van der Waals surface area (Å²) >= 11 is 0. The number of carbonyl (C=O) groups excluding carboxylic acids is 2. The predicted molar refractivity (Wildman–Crippen MR) is 81.6 cm³/mol. The second-order valence-corrected chi connectivity index (χ2v) is 5.49. The molecule has 0 radical (unpaired) electrons. The van der Waals surface area contributed by atoms with Crippen LogP contribution in [0.25, 0.3) is 0 Å². The van der Waals surface area contributed by atoms with Gasteiger partial charge in [-0.15, -0.1) is 0 Å². The minimum Gasteiger partial charge on any atom is -0.461 e. The fourth-order valence-corrected chi connectivity index (χ4v) is 1.90. The molecule has 9 heteroatoms. The lowest BCUT2D eigenvalue weighted by Crippen LogP contribution is -2.49. The first-order chi connectivity index (χ1) is 11.1. The van der Waals surface area contributed by atoms with E-state index >= 15 is 0 Å². The van der Waals surface area contributed by atoms with Crippen molar-refractivity contribution in [1.29, 1.82) is 0 Å². The number of benzene rings is 1. The molecular weight excluding hydrogens is 323 g/mol. The fourth-order valence-electron chi connectivity index (χ4n) is 1.90. The van der Waals surface area contributed by atoms with E-state index in [9.17, 15) is 29.2 Å². The van der Waals surface area contributed by atoms with Crippen molar-refractivity contribution in [2.45, 2.75) is 45.4 Å². The number of hydrogen-bond acceptors (Lipinski definition) is 6. The molecule has 1 aromatic rings. The highest BCUT2D eigenvalue weighted by Gasteiger charge is 2.28. The van der Waals surface area contributed by atoms with E-state index in [1.165, 1.54) is 13.0 Å². The zero-order chi connectivity index (χ0) is 18.4. The third-order valence-corrected chi connectivity index (χ3v) is 2.98. The topological polar surface area (TPSA) is 119 Å². The Kier molecular flexibility index (Phi) is 6.78. The number of hydrogen-bond donors (Lipinski definition) is 2. The second-order valence-electron chi connectivity index (χ2n) is 5.49. The first-order valence-electron chi connectivity index (χ1n) is 7.22. The minimum atomic E-state index is -1.27. The maximum Gasteiger partial charge on any atom is 0.331 e. The van der Waals surface area contributed by atoms with Crippen LogP contribution in [0.2, 0.25) is 0 Å². The Labute approximate surface area is 137 Å². The van der Waals surface area contributed by atoms with Gasteiger partial charge in [0.05, 0.1) is 23.6 Å². The molecule has 0 saturated heterocycles. The Morgan fingerprint density at radius 1 is 1.38 bits per heavy atom. The average molecular weight is 342 g/mol. The van der Waals surface area contributed by atoms with Gasteiger partial charge in [-0.05, 0) is 32.4 Å². The van der Waals surface area contributed by atoms with Crippen LogP contribution in [0.4, 0.5) is 10.1 Å². The van der Waals surface area contributed by atoms with Crippen LogP contribution >= 0.6 is 0 Å². The highest BCUT2D eigenvalue weighted by molar-refractivity contribution is 5.86. The molecule has 0 spiro atoms. The second kappa shape index (κ2) is 8.34. The maximum atomic E-state index is 13.3. The number of nitrogens with one attached hydrogen (secondary N) is 1. The van der Waals surface area contributed by atoms with Crippen molar-refractivity contribution in [3.8, 4) is 0 Å². The minimum absolute atomic E-state index is 0.196. The van der Waals surface area contributed by atoms with Crippen LogP contribution in [0, 0.1) is 15.9 Å².